The van der Waals surface area contributed by atoms with Gasteiger partial charge in [-0.3, -0.25) is 14.7 Å². The molecule has 2 heterocycles. The minimum absolute atomic E-state index is 0.274. The van der Waals surface area contributed by atoms with Crippen LogP contribution in [0.15, 0.2) is 48.8 Å². The number of carboxylic acid groups (broad SMARTS) is 1. The standard InChI is InChI=1S/C20H22N2O3/c23-19(24)20-9-3-6-16(20)13-22(14-20)12-15-5-1-2-8-18(15)25-17-7-4-10-21-11-17/h1-2,4-5,7-8,10-11,16H,3,6,9,12-14H2,(H,23,24)/t16-,20+/m0/s1. The topological polar surface area (TPSA) is 62.7 Å². The summed E-state index contributed by atoms with van der Waals surface area (Å²) < 4.78 is 5.98. The highest BCUT2D eigenvalue weighted by Crippen LogP contribution is 2.49. The third-order valence-electron chi connectivity index (χ3n) is 5.60. The summed E-state index contributed by atoms with van der Waals surface area (Å²) >= 11 is 0. The van der Waals surface area contributed by atoms with Crippen molar-refractivity contribution in [3.63, 3.8) is 0 Å². The second-order valence-corrected chi connectivity index (χ2v) is 7.12. The Morgan fingerprint density at radius 2 is 2.20 bits per heavy atom. The summed E-state index contributed by atoms with van der Waals surface area (Å²) in [6.45, 7) is 2.20. The molecule has 4 rings (SSSR count). The van der Waals surface area contributed by atoms with E-state index >= 15 is 0 Å². The highest BCUT2D eigenvalue weighted by molar-refractivity contribution is 5.76. The lowest BCUT2D eigenvalue weighted by Gasteiger charge is -2.23. The number of carbonyl (C=O) groups is 1. The Morgan fingerprint density at radius 1 is 1.32 bits per heavy atom. The zero-order chi connectivity index (χ0) is 17.3. The summed E-state index contributed by atoms with van der Waals surface area (Å²) in [5.41, 5.74) is 0.533. The van der Waals surface area contributed by atoms with Crippen LogP contribution in [0.4, 0.5) is 0 Å². The van der Waals surface area contributed by atoms with Gasteiger partial charge in [-0.25, -0.2) is 0 Å². The smallest absolute Gasteiger partial charge is 0.311 e. The molecule has 1 saturated heterocycles. The summed E-state index contributed by atoms with van der Waals surface area (Å²) in [4.78, 5) is 18.2. The molecule has 0 bridgehead atoms. The van der Waals surface area contributed by atoms with E-state index in [1.807, 2.05) is 36.4 Å². The molecule has 5 nitrogen and oxygen atoms in total. The molecule has 0 spiro atoms. The first-order valence-corrected chi connectivity index (χ1v) is 8.79. The number of aliphatic carboxylic acids is 1. The van der Waals surface area contributed by atoms with Crippen molar-refractivity contribution < 1.29 is 14.6 Å². The molecule has 1 N–H and O–H groups in total. The SMILES string of the molecule is O=C(O)[C@@]12CCC[C@H]1CN(Cc1ccccc1Oc1cccnc1)C2. The van der Waals surface area contributed by atoms with Crippen LogP contribution in [0, 0.1) is 11.3 Å². The summed E-state index contributed by atoms with van der Waals surface area (Å²) in [7, 11) is 0. The number of pyridine rings is 1. The Labute approximate surface area is 147 Å². The number of aromatic nitrogens is 1. The Hall–Kier alpha value is -2.40. The van der Waals surface area contributed by atoms with Crippen LogP contribution in [0.3, 0.4) is 0 Å². The van der Waals surface area contributed by atoms with Gasteiger partial charge in [0.2, 0.25) is 0 Å². The minimum atomic E-state index is -0.627. The van der Waals surface area contributed by atoms with Crippen molar-refractivity contribution in [3.05, 3.63) is 54.4 Å². The number of rotatable bonds is 5. The molecule has 1 saturated carbocycles. The third-order valence-corrected chi connectivity index (χ3v) is 5.60. The van der Waals surface area contributed by atoms with Gasteiger partial charge < -0.3 is 9.84 Å². The van der Waals surface area contributed by atoms with Gasteiger partial charge in [-0.2, -0.15) is 0 Å². The van der Waals surface area contributed by atoms with Crippen LogP contribution in [0.25, 0.3) is 0 Å². The van der Waals surface area contributed by atoms with Crippen molar-refractivity contribution in [1.82, 2.24) is 9.88 Å². The number of hydrogen-bond acceptors (Lipinski definition) is 4. The van der Waals surface area contributed by atoms with E-state index in [0.717, 1.165) is 37.1 Å². The maximum absolute atomic E-state index is 11.9. The number of carboxylic acids is 1. The molecule has 2 atom stereocenters. The molecule has 130 valence electrons. The molecule has 1 aliphatic heterocycles. The van der Waals surface area contributed by atoms with Gasteiger partial charge in [0.25, 0.3) is 0 Å². The Bertz CT molecular complexity index is 765. The predicted molar refractivity (Wildman–Crippen MR) is 93.4 cm³/mol. The number of fused-ring (bicyclic) bond motifs is 1. The van der Waals surface area contributed by atoms with E-state index in [4.69, 9.17) is 4.74 Å². The first-order chi connectivity index (χ1) is 12.2. The average molecular weight is 338 g/mol. The fourth-order valence-electron chi connectivity index (χ4n) is 4.37. The van der Waals surface area contributed by atoms with Crippen LogP contribution in [0.5, 0.6) is 11.5 Å². The van der Waals surface area contributed by atoms with Crippen molar-refractivity contribution in [3.8, 4) is 11.5 Å². The molecule has 2 fully saturated rings. The van der Waals surface area contributed by atoms with Gasteiger partial charge in [0.1, 0.15) is 11.5 Å². The maximum atomic E-state index is 11.9. The highest BCUT2D eigenvalue weighted by atomic mass is 16.5. The number of ether oxygens (including phenoxy) is 1. The van der Waals surface area contributed by atoms with Crippen LogP contribution in [0.2, 0.25) is 0 Å². The summed E-state index contributed by atoms with van der Waals surface area (Å²) in [6.07, 6.45) is 6.27. The molecule has 0 radical (unpaired) electrons. The Morgan fingerprint density at radius 3 is 2.96 bits per heavy atom. The molecule has 1 aliphatic carbocycles. The average Bonchev–Trinajstić information content (AvgIpc) is 3.16. The van der Waals surface area contributed by atoms with E-state index in [1.165, 1.54) is 0 Å². The summed E-state index contributed by atoms with van der Waals surface area (Å²) in [5.74, 6) is 1.15. The first kappa shape index (κ1) is 16.1. The molecule has 25 heavy (non-hydrogen) atoms. The van der Waals surface area contributed by atoms with Gasteiger partial charge in [0, 0.05) is 31.4 Å². The lowest BCUT2D eigenvalue weighted by Crippen LogP contribution is -2.35. The monoisotopic (exact) mass is 338 g/mol. The Balaban J connectivity index is 1.51. The highest BCUT2D eigenvalue weighted by Gasteiger charge is 2.54. The molecular formula is C20H22N2O3. The maximum Gasteiger partial charge on any atom is 0.311 e. The van der Waals surface area contributed by atoms with Crippen LogP contribution in [-0.2, 0) is 11.3 Å². The molecule has 0 unspecified atom stereocenters. The third kappa shape index (κ3) is 3.00. The molecule has 1 aromatic heterocycles. The van der Waals surface area contributed by atoms with Crippen molar-refractivity contribution in [2.24, 2.45) is 11.3 Å². The van der Waals surface area contributed by atoms with Crippen LogP contribution >= 0.6 is 0 Å². The second kappa shape index (κ2) is 6.48. The van der Waals surface area contributed by atoms with Gasteiger partial charge in [-0.15, -0.1) is 0 Å². The summed E-state index contributed by atoms with van der Waals surface area (Å²) in [5, 5.41) is 9.75. The molecule has 1 aromatic carbocycles. The molecule has 2 aromatic rings. The minimum Gasteiger partial charge on any atom is -0.481 e. The van der Waals surface area contributed by atoms with E-state index < -0.39 is 11.4 Å². The van der Waals surface area contributed by atoms with E-state index in [0.29, 0.717) is 18.8 Å². The van der Waals surface area contributed by atoms with Gasteiger partial charge in [-0.1, -0.05) is 24.6 Å². The van der Waals surface area contributed by atoms with Crippen molar-refractivity contribution in [1.29, 1.82) is 0 Å². The first-order valence-electron chi connectivity index (χ1n) is 8.79. The van der Waals surface area contributed by atoms with Crippen LogP contribution in [-0.4, -0.2) is 34.0 Å². The zero-order valence-electron chi connectivity index (χ0n) is 14.1. The number of hydrogen-bond donors (Lipinski definition) is 1. The van der Waals surface area contributed by atoms with Gasteiger partial charge >= 0.3 is 5.97 Å². The molecule has 0 amide bonds. The lowest BCUT2D eigenvalue weighted by molar-refractivity contribution is -0.149. The Kier molecular flexibility index (Phi) is 4.17. The number of benzene rings is 1. The van der Waals surface area contributed by atoms with Gasteiger partial charge in [0.05, 0.1) is 11.6 Å². The van der Waals surface area contributed by atoms with Gasteiger partial charge in [0.15, 0.2) is 0 Å². The van der Waals surface area contributed by atoms with Crippen LogP contribution < -0.4 is 4.74 Å². The van der Waals surface area contributed by atoms with Crippen molar-refractivity contribution in [2.75, 3.05) is 13.1 Å². The normalized spacial score (nSPS) is 25.7. The van der Waals surface area contributed by atoms with E-state index in [1.54, 1.807) is 12.4 Å². The summed E-state index contributed by atoms with van der Waals surface area (Å²) in [6, 6.07) is 11.7. The molecule has 2 aliphatic rings. The van der Waals surface area contributed by atoms with Gasteiger partial charge in [-0.05, 0) is 37.0 Å². The zero-order valence-corrected chi connectivity index (χ0v) is 14.1. The van der Waals surface area contributed by atoms with Crippen molar-refractivity contribution in [2.45, 2.75) is 25.8 Å². The number of likely N-dealkylation sites (tertiary alicyclic amines) is 1. The lowest BCUT2D eigenvalue weighted by atomic mass is 9.81. The fourth-order valence-corrected chi connectivity index (χ4v) is 4.37. The quantitative estimate of drug-likeness (QED) is 0.903. The fraction of sp³-hybridized carbons (Fsp3) is 0.400. The largest absolute Gasteiger partial charge is 0.481 e. The molecular weight excluding hydrogens is 316 g/mol. The number of nitrogens with zero attached hydrogens (tertiary/aromatic N) is 2. The second-order valence-electron chi connectivity index (χ2n) is 7.12. The van der Waals surface area contributed by atoms with E-state index in [2.05, 4.69) is 9.88 Å². The molecule has 5 heteroatoms. The predicted octanol–water partition coefficient (Wildman–Crippen LogP) is 3.56. The van der Waals surface area contributed by atoms with Crippen molar-refractivity contribution >= 4 is 5.97 Å². The van der Waals surface area contributed by atoms with E-state index in [9.17, 15) is 9.90 Å². The number of para-hydroxylation sites is 1. The van der Waals surface area contributed by atoms with Crippen LogP contribution in [0.1, 0.15) is 24.8 Å². The van der Waals surface area contributed by atoms with E-state index in [-0.39, 0.29) is 5.92 Å².